The predicted octanol–water partition coefficient (Wildman–Crippen LogP) is 2.98. The molecule has 0 radical (unpaired) electrons. The lowest BCUT2D eigenvalue weighted by molar-refractivity contribution is 0.219. The fourth-order valence-corrected chi connectivity index (χ4v) is 2.72. The number of anilines is 1. The highest BCUT2D eigenvalue weighted by molar-refractivity contribution is 6.29. The number of aromatic nitrogens is 2. The van der Waals surface area contributed by atoms with Gasteiger partial charge in [-0.05, 0) is 25.8 Å². The van der Waals surface area contributed by atoms with Gasteiger partial charge in [0.05, 0.1) is 0 Å². The average Bonchev–Trinajstić information content (AvgIpc) is 2.40. The molecule has 0 amide bonds. The van der Waals surface area contributed by atoms with Crippen molar-refractivity contribution < 1.29 is 0 Å². The Bertz CT molecular complexity index is 402. The van der Waals surface area contributed by atoms with Crippen LogP contribution >= 0.6 is 11.6 Å². The highest BCUT2D eigenvalue weighted by Crippen LogP contribution is 2.18. The van der Waals surface area contributed by atoms with Crippen LogP contribution in [0.3, 0.4) is 0 Å². The second-order valence-corrected chi connectivity index (χ2v) is 5.49. The predicted molar refractivity (Wildman–Crippen MR) is 79.8 cm³/mol. The number of piperidine rings is 1. The Kier molecular flexibility index (Phi) is 5.40. The molecular weight excluding hydrogens is 260 g/mol. The first-order valence-corrected chi connectivity index (χ1v) is 7.61. The van der Waals surface area contributed by atoms with Gasteiger partial charge in [-0.1, -0.05) is 25.4 Å². The molecule has 0 spiro atoms. The second-order valence-electron chi connectivity index (χ2n) is 5.11. The van der Waals surface area contributed by atoms with E-state index in [9.17, 15) is 0 Å². The van der Waals surface area contributed by atoms with Gasteiger partial charge in [-0.25, -0.2) is 9.97 Å². The third kappa shape index (κ3) is 4.32. The summed E-state index contributed by atoms with van der Waals surface area (Å²) in [6, 6.07) is 2.32. The molecule has 1 aliphatic heterocycles. The van der Waals surface area contributed by atoms with Crippen LogP contribution in [0.2, 0.25) is 5.15 Å². The van der Waals surface area contributed by atoms with Gasteiger partial charge in [0.2, 0.25) is 0 Å². The molecule has 5 heteroatoms. The summed E-state index contributed by atoms with van der Waals surface area (Å²) in [5.74, 6) is 1.67. The molecular formula is C14H23ClN4. The number of nitrogens with zero attached hydrogens (tertiary/aromatic N) is 3. The van der Waals surface area contributed by atoms with Crippen molar-refractivity contribution in [1.82, 2.24) is 14.9 Å². The van der Waals surface area contributed by atoms with Crippen molar-refractivity contribution in [2.45, 2.75) is 45.6 Å². The molecule has 2 rings (SSSR count). The maximum atomic E-state index is 6.01. The molecule has 1 fully saturated rings. The Morgan fingerprint density at radius 1 is 1.32 bits per heavy atom. The quantitative estimate of drug-likeness (QED) is 0.843. The van der Waals surface area contributed by atoms with Gasteiger partial charge in [-0.3, -0.25) is 0 Å². The normalized spacial score (nSPS) is 17.6. The number of rotatable bonds is 5. The molecule has 19 heavy (non-hydrogen) atoms. The molecule has 106 valence electrons. The standard InChI is InChI=1S/C14H23ClN4/c1-3-7-19-8-5-11(6-9-19)16-14-10-12(15)17-13(4-2)18-14/h10-11H,3-9H2,1-2H3,(H,16,17,18). The molecule has 1 aliphatic rings. The third-order valence-electron chi connectivity index (χ3n) is 3.54. The van der Waals surface area contributed by atoms with Crippen LogP contribution in [0.25, 0.3) is 0 Å². The van der Waals surface area contributed by atoms with E-state index in [1.165, 1.54) is 38.9 Å². The van der Waals surface area contributed by atoms with E-state index in [-0.39, 0.29) is 0 Å². The van der Waals surface area contributed by atoms with E-state index in [1.807, 2.05) is 13.0 Å². The SMILES string of the molecule is CCCN1CCC(Nc2cc(Cl)nc(CC)n2)CC1. The van der Waals surface area contributed by atoms with Crippen LogP contribution in [0.4, 0.5) is 5.82 Å². The number of halogens is 1. The minimum Gasteiger partial charge on any atom is -0.367 e. The second kappa shape index (κ2) is 7.06. The molecule has 0 saturated carbocycles. The minimum atomic E-state index is 0.503. The van der Waals surface area contributed by atoms with E-state index in [4.69, 9.17) is 11.6 Å². The van der Waals surface area contributed by atoms with Crippen molar-refractivity contribution in [3.05, 3.63) is 17.0 Å². The largest absolute Gasteiger partial charge is 0.367 e. The molecule has 1 saturated heterocycles. The summed E-state index contributed by atoms with van der Waals surface area (Å²) in [6.07, 6.45) is 4.38. The van der Waals surface area contributed by atoms with Gasteiger partial charge >= 0.3 is 0 Å². The molecule has 0 atom stereocenters. The Hall–Kier alpha value is -0.870. The first-order valence-electron chi connectivity index (χ1n) is 7.23. The van der Waals surface area contributed by atoms with Crippen molar-refractivity contribution in [1.29, 1.82) is 0 Å². The number of aryl methyl sites for hydroxylation is 1. The van der Waals surface area contributed by atoms with E-state index >= 15 is 0 Å². The summed E-state index contributed by atoms with van der Waals surface area (Å²) in [5, 5.41) is 4.02. The van der Waals surface area contributed by atoms with E-state index in [2.05, 4.69) is 27.1 Å². The number of nitrogens with one attached hydrogen (secondary N) is 1. The van der Waals surface area contributed by atoms with E-state index < -0.39 is 0 Å². The van der Waals surface area contributed by atoms with Crippen molar-refractivity contribution >= 4 is 17.4 Å². The van der Waals surface area contributed by atoms with E-state index in [0.717, 1.165) is 18.1 Å². The van der Waals surface area contributed by atoms with Gasteiger partial charge < -0.3 is 10.2 Å². The lowest BCUT2D eigenvalue weighted by atomic mass is 10.0. The smallest absolute Gasteiger partial charge is 0.134 e. The number of likely N-dealkylation sites (tertiary alicyclic amines) is 1. The van der Waals surface area contributed by atoms with E-state index in [0.29, 0.717) is 11.2 Å². The van der Waals surface area contributed by atoms with Crippen LogP contribution in [0.5, 0.6) is 0 Å². The van der Waals surface area contributed by atoms with Crippen LogP contribution in [-0.4, -0.2) is 40.5 Å². The van der Waals surface area contributed by atoms with Gasteiger partial charge in [0.25, 0.3) is 0 Å². The monoisotopic (exact) mass is 282 g/mol. The Morgan fingerprint density at radius 3 is 2.68 bits per heavy atom. The molecule has 1 aromatic rings. The van der Waals surface area contributed by atoms with Gasteiger partial charge in [-0.2, -0.15) is 0 Å². The van der Waals surface area contributed by atoms with Gasteiger partial charge in [0.1, 0.15) is 16.8 Å². The summed E-state index contributed by atoms with van der Waals surface area (Å²) in [4.78, 5) is 11.2. The average molecular weight is 283 g/mol. The summed E-state index contributed by atoms with van der Waals surface area (Å²) >= 11 is 6.01. The first kappa shape index (κ1) is 14.5. The van der Waals surface area contributed by atoms with Gasteiger partial charge in [-0.15, -0.1) is 0 Å². The van der Waals surface area contributed by atoms with Crippen molar-refractivity contribution in [3.8, 4) is 0 Å². The van der Waals surface area contributed by atoms with Crippen molar-refractivity contribution in [3.63, 3.8) is 0 Å². The molecule has 0 bridgehead atoms. The van der Waals surface area contributed by atoms with Crippen molar-refractivity contribution in [2.75, 3.05) is 25.0 Å². The van der Waals surface area contributed by atoms with Crippen LogP contribution in [0.1, 0.15) is 38.9 Å². The summed E-state index contributed by atoms with van der Waals surface area (Å²) in [6.45, 7) is 7.83. The van der Waals surface area contributed by atoms with E-state index in [1.54, 1.807) is 0 Å². The van der Waals surface area contributed by atoms with Crippen LogP contribution < -0.4 is 5.32 Å². The summed E-state index contributed by atoms with van der Waals surface area (Å²) in [7, 11) is 0. The maximum Gasteiger partial charge on any atom is 0.134 e. The van der Waals surface area contributed by atoms with Crippen molar-refractivity contribution in [2.24, 2.45) is 0 Å². The lowest BCUT2D eigenvalue weighted by Crippen LogP contribution is -2.39. The minimum absolute atomic E-state index is 0.503. The maximum absolute atomic E-state index is 6.01. The Morgan fingerprint density at radius 2 is 2.05 bits per heavy atom. The number of hydrogen-bond acceptors (Lipinski definition) is 4. The zero-order valence-corrected chi connectivity index (χ0v) is 12.6. The fourth-order valence-electron chi connectivity index (χ4n) is 2.52. The van der Waals surface area contributed by atoms with Crippen LogP contribution in [0, 0.1) is 0 Å². The fraction of sp³-hybridized carbons (Fsp3) is 0.714. The molecule has 1 aromatic heterocycles. The molecule has 4 nitrogen and oxygen atoms in total. The zero-order valence-electron chi connectivity index (χ0n) is 11.8. The topological polar surface area (TPSA) is 41.0 Å². The first-order chi connectivity index (χ1) is 9.21. The molecule has 0 aliphatic carbocycles. The molecule has 0 unspecified atom stereocenters. The van der Waals surface area contributed by atoms with Gasteiger partial charge in [0, 0.05) is 31.6 Å². The van der Waals surface area contributed by atoms with Gasteiger partial charge in [0.15, 0.2) is 0 Å². The Labute approximate surface area is 120 Å². The molecule has 1 N–H and O–H groups in total. The highest BCUT2D eigenvalue weighted by atomic mass is 35.5. The zero-order chi connectivity index (χ0) is 13.7. The lowest BCUT2D eigenvalue weighted by Gasteiger charge is -2.32. The number of hydrogen-bond donors (Lipinski definition) is 1. The summed E-state index contributed by atoms with van der Waals surface area (Å²) in [5.41, 5.74) is 0. The van der Waals surface area contributed by atoms with Crippen LogP contribution in [-0.2, 0) is 6.42 Å². The third-order valence-corrected chi connectivity index (χ3v) is 3.73. The molecule has 0 aromatic carbocycles. The highest BCUT2D eigenvalue weighted by Gasteiger charge is 2.18. The van der Waals surface area contributed by atoms with Crippen LogP contribution in [0.15, 0.2) is 6.07 Å². The molecule has 2 heterocycles. The summed E-state index contributed by atoms with van der Waals surface area (Å²) < 4.78 is 0. The Balaban J connectivity index is 1.90.